The average molecular weight is 333 g/mol. The predicted octanol–water partition coefficient (Wildman–Crippen LogP) is -8.55. The first-order valence-electron chi connectivity index (χ1n) is 2.78. The molecule has 0 saturated heterocycles. The van der Waals surface area contributed by atoms with Crippen molar-refractivity contribution in [3.05, 3.63) is 24.3 Å². The van der Waals surface area contributed by atoms with Crippen molar-refractivity contribution >= 4 is 11.4 Å². The first kappa shape index (κ1) is 25.8. The van der Waals surface area contributed by atoms with Gasteiger partial charge >= 0.3 is 80.9 Å². The van der Waals surface area contributed by atoms with Gasteiger partial charge in [-0.2, -0.15) is 0 Å². The Morgan fingerprint density at radius 2 is 1.20 bits per heavy atom. The van der Waals surface area contributed by atoms with E-state index in [9.17, 15) is 0 Å². The number of rotatable bonds is 0. The average Bonchev–Trinajstić information content (AvgIpc) is 1.94. The molecule has 0 radical (unpaired) electrons. The van der Waals surface area contributed by atoms with E-state index in [0.29, 0.717) is 0 Å². The number of benzene rings is 1. The van der Waals surface area contributed by atoms with Gasteiger partial charge in [0.2, 0.25) is 0 Å². The van der Waals surface area contributed by atoms with Gasteiger partial charge in [-0.3, -0.25) is 0 Å². The molecule has 76 valence electrons. The standard InChI is InChI=1S/C6H6O2.BrH.K.Na.H2O3S/c7-5-1-2-6(8)4-3-5;;;;1-4(2)3/h1-4,7-8H;1H;;;(H2,1,2,3)/q;;2*+1;/p-2. The fourth-order valence-electron chi connectivity index (χ4n) is 0.453. The third-order valence-electron chi connectivity index (χ3n) is 0.850. The summed E-state index contributed by atoms with van der Waals surface area (Å²) in [4.78, 5) is 0. The van der Waals surface area contributed by atoms with Gasteiger partial charge in [0.15, 0.2) is 0 Å². The molecule has 0 aliphatic rings. The monoisotopic (exact) mass is 332 g/mol. The van der Waals surface area contributed by atoms with Gasteiger partial charge in [0.25, 0.3) is 0 Å². The maximum Gasteiger partial charge on any atom is 1.00 e. The van der Waals surface area contributed by atoms with Crippen molar-refractivity contribution in [3.8, 4) is 11.5 Å². The van der Waals surface area contributed by atoms with E-state index in [0.717, 1.165) is 0 Å². The van der Waals surface area contributed by atoms with E-state index >= 15 is 0 Å². The molecule has 1 aromatic carbocycles. The molecule has 5 nitrogen and oxygen atoms in total. The summed E-state index contributed by atoms with van der Waals surface area (Å²) in [5.41, 5.74) is 0. The van der Waals surface area contributed by atoms with Crippen LogP contribution in [0.1, 0.15) is 0 Å². The van der Waals surface area contributed by atoms with Crippen LogP contribution in [-0.4, -0.2) is 23.5 Å². The van der Waals surface area contributed by atoms with Gasteiger partial charge in [-0.1, -0.05) is 0 Å². The Balaban J connectivity index is -0.0000000779. The fourth-order valence-corrected chi connectivity index (χ4v) is 0.453. The third kappa shape index (κ3) is 21.8. The van der Waals surface area contributed by atoms with Gasteiger partial charge in [-0.15, -0.1) is 0 Å². The third-order valence-corrected chi connectivity index (χ3v) is 0.850. The van der Waals surface area contributed by atoms with Gasteiger partial charge in [0.1, 0.15) is 11.5 Å². The van der Waals surface area contributed by atoms with Crippen LogP contribution in [0.4, 0.5) is 0 Å². The molecular weight excluding hydrogens is 326 g/mol. The van der Waals surface area contributed by atoms with Gasteiger partial charge in [0.05, 0.1) is 11.4 Å². The SMILES string of the molecule is O=S([O-])O.Oc1ccc(O)cc1.[Br-].[K+].[Na+]. The molecule has 1 rings (SSSR count). The quantitative estimate of drug-likeness (QED) is 0.249. The number of hydrogen-bond donors (Lipinski definition) is 3. The zero-order valence-electron chi connectivity index (χ0n) is 8.25. The number of aromatic hydroxyl groups is 2. The summed E-state index contributed by atoms with van der Waals surface area (Å²) in [5, 5.41) is 17.3. The van der Waals surface area contributed by atoms with E-state index in [1.807, 2.05) is 0 Å². The molecule has 0 aliphatic heterocycles. The largest absolute Gasteiger partial charge is 1.00 e. The van der Waals surface area contributed by atoms with E-state index in [1.165, 1.54) is 24.3 Å². The molecular formula is C6H7BrKNaO5S. The van der Waals surface area contributed by atoms with Crippen molar-refractivity contribution in [1.29, 1.82) is 0 Å². The molecule has 0 fully saturated rings. The Labute approximate surface area is 165 Å². The van der Waals surface area contributed by atoms with E-state index in [1.54, 1.807) is 0 Å². The minimum atomic E-state index is -2.86. The number of hydrogen-bond acceptors (Lipinski definition) is 4. The Kier molecular flexibility index (Phi) is 27.5. The Morgan fingerprint density at radius 1 is 1.07 bits per heavy atom. The number of phenols is 2. The number of phenolic OH excluding ortho intramolecular Hbond substituents is 2. The zero-order chi connectivity index (χ0) is 9.56. The van der Waals surface area contributed by atoms with Crippen LogP contribution in [0.15, 0.2) is 24.3 Å². The van der Waals surface area contributed by atoms with Crippen LogP contribution >= 0.6 is 0 Å². The van der Waals surface area contributed by atoms with E-state index in [2.05, 4.69) is 0 Å². The van der Waals surface area contributed by atoms with Crippen molar-refractivity contribution in [1.82, 2.24) is 0 Å². The summed E-state index contributed by atoms with van der Waals surface area (Å²) in [5.74, 6) is 0.339. The first-order chi connectivity index (χ1) is 5.52. The fraction of sp³-hybridized carbons (Fsp3) is 0. The summed E-state index contributed by atoms with van der Waals surface area (Å²) in [6.45, 7) is 0. The molecule has 0 heterocycles. The topological polar surface area (TPSA) is 101 Å². The Hall–Kier alpha value is 2.01. The minimum Gasteiger partial charge on any atom is -1.00 e. The van der Waals surface area contributed by atoms with E-state index in [-0.39, 0.29) is 109 Å². The predicted molar refractivity (Wildman–Crippen MR) is 41.3 cm³/mol. The zero-order valence-corrected chi connectivity index (χ0v) is 15.8. The van der Waals surface area contributed by atoms with Gasteiger partial charge in [-0.25, -0.2) is 4.21 Å². The second-order valence-electron chi connectivity index (χ2n) is 1.73. The van der Waals surface area contributed by atoms with Crippen molar-refractivity contribution in [2.75, 3.05) is 0 Å². The Morgan fingerprint density at radius 3 is 1.33 bits per heavy atom. The van der Waals surface area contributed by atoms with Crippen LogP contribution in [0.2, 0.25) is 0 Å². The molecule has 15 heavy (non-hydrogen) atoms. The summed E-state index contributed by atoms with van der Waals surface area (Å²) >= 11 is -2.86. The van der Waals surface area contributed by atoms with Gasteiger partial charge < -0.3 is 36.3 Å². The molecule has 1 aromatic rings. The van der Waals surface area contributed by atoms with Crippen molar-refractivity contribution < 1.29 is 121 Å². The smallest absolute Gasteiger partial charge is 1.00 e. The molecule has 1 unspecified atom stereocenters. The molecule has 0 amide bonds. The van der Waals surface area contributed by atoms with Gasteiger partial charge in [-0.05, 0) is 24.3 Å². The van der Waals surface area contributed by atoms with Gasteiger partial charge in [0, 0.05) is 0 Å². The second-order valence-corrected chi connectivity index (χ2v) is 2.17. The molecule has 0 aromatic heterocycles. The maximum absolute atomic E-state index is 8.65. The van der Waals surface area contributed by atoms with E-state index in [4.69, 9.17) is 23.5 Å². The number of halogens is 1. The molecule has 3 N–H and O–H groups in total. The molecule has 0 spiro atoms. The normalized spacial score (nSPS) is 8.93. The molecule has 9 heteroatoms. The van der Waals surface area contributed by atoms with E-state index < -0.39 is 11.4 Å². The van der Waals surface area contributed by atoms with Crippen molar-refractivity contribution in [2.24, 2.45) is 0 Å². The summed E-state index contributed by atoms with van der Waals surface area (Å²) in [6.07, 6.45) is 0. The van der Waals surface area contributed by atoms with Crippen LogP contribution in [0, 0.1) is 0 Å². The summed E-state index contributed by atoms with van der Waals surface area (Å²) in [6, 6.07) is 5.70. The van der Waals surface area contributed by atoms with Crippen LogP contribution in [0.3, 0.4) is 0 Å². The van der Waals surface area contributed by atoms with Crippen LogP contribution in [-0.2, 0) is 11.4 Å². The maximum atomic E-state index is 8.65. The first-order valence-corrected chi connectivity index (χ1v) is 3.82. The minimum absolute atomic E-state index is 0. The van der Waals surface area contributed by atoms with Crippen LogP contribution in [0.25, 0.3) is 0 Å². The molecule has 1 atom stereocenters. The molecule has 0 saturated carbocycles. The molecule has 0 bridgehead atoms. The summed E-state index contributed by atoms with van der Waals surface area (Å²) < 4.78 is 24.1. The van der Waals surface area contributed by atoms with Crippen molar-refractivity contribution in [3.63, 3.8) is 0 Å². The summed E-state index contributed by atoms with van der Waals surface area (Å²) in [7, 11) is 0. The van der Waals surface area contributed by atoms with Crippen LogP contribution < -0.4 is 97.9 Å². The Bertz CT molecular complexity index is 235. The van der Waals surface area contributed by atoms with Crippen LogP contribution in [0.5, 0.6) is 11.5 Å². The molecule has 0 aliphatic carbocycles. The second kappa shape index (κ2) is 16.0. The van der Waals surface area contributed by atoms with Crippen molar-refractivity contribution in [2.45, 2.75) is 0 Å².